The molecule has 0 atom stereocenters. The van der Waals surface area contributed by atoms with Crippen LogP contribution >= 0.6 is 0 Å². The van der Waals surface area contributed by atoms with Gasteiger partial charge in [-0.15, -0.1) is 0 Å². The van der Waals surface area contributed by atoms with Gasteiger partial charge in [-0.05, 0) is 24.3 Å². The number of ketones is 1. The number of hydrogen-bond acceptors (Lipinski definition) is 12. The summed E-state index contributed by atoms with van der Waals surface area (Å²) in [5.74, 6) is -0.987. The summed E-state index contributed by atoms with van der Waals surface area (Å²) in [5, 5.41) is 2.70. The van der Waals surface area contributed by atoms with E-state index in [1.165, 1.54) is 6.92 Å². The standard InChI is InChI=1S/C32H45NO12/c1-27(34)33-29-7-9-30(10-8-29)44-25-23-42-21-19-40-17-15-38-13-11-37-12-14-39-16-18-41-20-22-43-24-26-45-32(36)31(35)28-5-3-2-4-6-28/h2-10H,11-26H2,1H3,(H,33,34). The lowest BCUT2D eigenvalue weighted by Crippen LogP contribution is -2.20. The van der Waals surface area contributed by atoms with Crippen molar-refractivity contribution in [2.75, 3.05) is 111 Å². The lowest BCUT2D eigenvalue weighted by atomic mass is 10.1. The monoisotopic (exact) mass is 635 g/mol. The van der Waals surface area contributed by atoms with Gasteiger partial charge in [0, 0.05) is 18.2 Å². The van der Waals surface area contributed by atoms with Crippen LogP contribution in [-0.4, -0.2) is 123 Å². The fourth-order valence-electron chi connectivity index (χ4n) is 3.44. The minimum Gasteiger partial charge on any atom is -0.491 e. The molecule has 0 unspecified atom stereocenters. The Morgan fingerprint density at radius 2 is 0.911 bits per heavy atom. The molecule has 0 spiro atoms. The second-order valence-electron chi connectivity index (χ2n) is 9.17. The van der Waals surface area contributed by atoms with Crippen molar-refractivity contribution in [3.05, 3.63) is 60.2 Å². The van der Waals surface area contributed by atoms with E-state index in [2.05, 4.69) is 5.32 Å². The average molecular weight is 636 g/mol. The van der Waals surface area contributed by atoms with Crippen molar-refractivity contribution in [2.45, 2.75) is 6.92 Å². The quantitative estimate of drug-likeness (QED) is 0.0635. The van der Waals surface area contributed by atoms with Gasteiger partial charge in [0.05, 0.1) is 92.5 Å². The zero-order valence-electron chi connectivity index (χ0n) is 25.9. The molecule has 0 saturated heterocycles. The van der Waals surface area contributed by atoms with Gasteiger partial charge in [-0.2, -0.15) is 0 Å². The summed E-state index contributed by atoms with van der Waals surface area (Å²) in [5.41, 5.74) is 1.02. The van der Waals surface area contributed by atoms with E-state index in [4.69, 9.17) is 42.6 Å². The second-order valence-corrected chi connectivity index (χ2v) is 9.17. The van der Waals surface area contributed by atoms with Gasteiger partial charge in [-0.25, -0.2) is 4.79 Å². The third-order valence-electron chi connectivity index (χ3n) is 5.59. The molecule has 13 heteroatoms. The summed E-state index contributed by atoms with van der Waals surface area (Å²) < 4.78 is 48.5. The molecule has 0 radical (unpaired) electrons. The largest absolute Gasteiger partial charge is 0.491 e. The number of carbonyl (C=O) groups excluding carboxylic acids is 3. The fraction of sp³-hybridized carbons (Fsp3) is 0.531. The number of hydrogen-bond donors (Lipinski definition) is 1. The Morgan fingerprint density at radius 1 is 0.511 bits per heavy atom. The van der Waals surface area contributed by atoms with Crippen LogP contribution in [0.5, 0.6) is 5.75 Å². The van der Waals surface area contributed by atoms with Crippen LogP contribution in [0.3, 0.4) is 0 Å². The zero-order valence-corrected chi connectivity index (χ0v) is 25.9. The second kappa shape index (κ2) is 25.9. The lowest BCUT2D eigenvalue weighted by Gasteiger charge is -2.09. The Balaban J connectivity index is 1.22. The highest BCUT2D eigenvalue weighted by Gasteiger charge is 2.17. The summed E-state index contributed by atoms with van der Waals surface area (Å²) in [7, 11) is 0. The van der Waals surface area contributed by atoms with Gasteiger partial charge in [0.2, 0.25) is 5.91 Å². The summed E-state index contributed by atoms with van der Waals surface area (Å²) in [4.78, 5) is 34.6. The van der Waals surface area contributed by atoms with Crippen LogP contribution in [0.15, 0.2) is 54.6 Å². The van der Waals surface area contributed by atoms with Crippen LogP contribution in [0.2, 0.25) is 0 Å². The number of carbonyl (C=O) groups is 3. The molecule has 13 nitrogen and oxygen atoms in total. The van der Waals surface area contributed by atoms with Gasteiger partial charge < -0.3 is 47.9 Å². The van der Waals surface area contributed by atoms with E-state index in [0.29, 0.717) is 104 Å². The Bertz CT molecular complexity index is 1050. The van der Waals surface area contributed by atoms with Crippen molar-refractivity contribution < 1.29 is 57.0 Å². The fourth-order valence-corrected chi connectivity index (χ4v) is 3.44. The molecule has 0 heterocycles. The maximum absolute atomic E-state index is 11.9. The van der Waals surface area contributed by atoms with E-state index < -0.39 is 11.8 Å². The van der Waals surface area contributed by atoms with Crippen LogP contribution in [0, 0.1) is 0 Å². The minimum atomic E-state index is -0.900. The molecule has 1 amide bonds. The molecule has 0 aliphatic carbocycles. The molecule has 0 fully saturated rings. The number of amides is 1. The first-order chi connectivity index (χ1) is 22.1. The van der Waals surface area contributed by atoms with Gasteiger partial charge in [0.1, 0.15) is 19.0 Å². The third kappa shape index (κ3) is 20.3. The number of nitrogens with one attached hydrogen (secondary N) is 1. The number of ether oxygens (including phenoxy) is 9. The normalized spacial score (nSPS) is 10.9. The zero-order chi connectivity index (χ0) is 32.2. The maximum atomic E-state index is 11.9. The van der Waals surface area contributed by atoms with Crippen LogP contribution in [-0.2, 0) is 47.5 Å². The topological polar surface area (TPSA) is 146 Å². The Labute approximate surface area is 264 Å². The van der Waals surface area contributed by atoms with Crippen molar-refractivity contribution in [3.8, 4) is 5.75 Å². The van der Waals surface area contributed by atoms with Crippen LogP contribution in [0.1, 0.15) is 17.3 Å². The van der Waals surface area contributed by atoms with Crippen LogP contribution in [0.25, 0.3) is 0 Å². The van der Waals surface area contributed by atoms with E-state index in [9.17, 15) is 14.4 Å². The Morgan fingerprint density at radius 3 is 1.33 bits per heavy atom. The minimum absolute atomic E-state index is 0.00573. The summed E-state index contributed by atoms with van der Waals surface area (Å²) in [6.07, 6.45) is 0. The van der Waals surface area contributed by atoms with Gasteiger partial charge >= 0.3 is 5.97 Å². The van der Waals surface area contributed by atoms with Crippen molar-refractivity contribution in [2.24, 2.45) is 0 Å². The summed E-state index contributed by atoms with van der Waals surface area (Å²) in [6, 6.07) is 15.4. The molecular weight excluding hydrogens is 590 g/mol. The van der Waals surface area contributed by atoms with E-state index in [-0.39, 0.29) is 19.1 Å². The number of Topliss-reactive ketones (excluding diaryl/α,β-unsaturated/α-hetero) is 1. The highest BCUT2D eigenvalue weighted by atomic mass is 16.6. The smallest absolute Gasteiger partial charge is 0.379 e. The van der Waals surface area contributed by atoms with Crippen LogP contribution < -0.4 is 10.1 Å². The van der Waals surface area contributed by atoms with Gasteiger partial charge in [-0.1, -0.05) is 30.3 Å². The lowest BCUT2D eigenvalue weighted by molar-refractivity contribution is -0.139. The van der Waals surface area contributed by atoms with E-state index in [0.717, 1.165) is 5.69 Å². The third-order valence-corrected chi connectivity index (χ3v) is 5.59. The predicted molar refractivity (Wildman–Crippen MR) is 164 cm³/mol. The summed E-state index contributed by atoms with van der Waals surface area (Å²) >= 11 is 0. The molecule has 45 heavy (non-hydrogen) atoms. The Kier molecular flexibility index (Phi) is 21.7. The molecule has 2 aromatic carbocycles. The van der Waals surface area contributed by atoms with Crippen LogP contribution in [0.4, 0.5) is 5.69 Å². The predicted octanol–water partition coefficient (Wildman–Crippen LogP) is 2.57. The highest BCUT2D eigenvalue weighted by Crippen LogP contribution is 2.15. The molecule has 2 rings (SSSR count). The molecule has 0 aliphatic heterocycles. The van der Waals surface area contributed by atoms with E-state index in [1.807, 2.05) is 0 Å². The van der Waals surface area contributed by atoms with Gasteiger partial charge in [0.15, 0.2) is 0 Å². The number of benzene rings is 2. The van der Waals surface area contributed by atoms with Gasteiger partial charge in [0.25, 0.3) is 5.78 Å². The van der Waals surface area contributed by atoms with E-state index in [1.54, 1.807) is 54.6 Å². The van der Waals surface area contributed by atoms with Crippen molar-refractivity contribution in [1.82, 2.24) is 0 Å². The Hall–Kier alpha value is -3.43. The van der Waals surface area contributed by atoms with Crippen molar-refractivity contribution in [1.29, 1.82) is 0 Å². The molecule has 0 saturated carbocycles. The SMILES string of the molecule is CC(=O)Nc1ccc(OCCOCCOCCOCCOCCOCCOCCOCCOC(=O)C(=O)c2ccccc2)cc1. The molecule has 1 N–H and O–H groups in total. The molecule has 0 aliphatic rings. The highest BCUT2D eigenvalue weighted by molar-refractivity contribution is 6.40. The number of esters is 1. The first-order valence-corrected chi connectivity index (χ1v) is 14.9. The first-order valence-electron chi connectivity index (χ1n) is 14.9. The molecule has 0 bridgehead atoms. The summed E-state index contributed by atoms with van der Waals surface area (Å²) in [6.45, 7) is 7.76. The van der Waals surface area contributed by atoms with Crippen molar-refractivity contribution >= 4 is 23.3 Å². The molecule has 0 aromatic heterocycles. The van der Waals surface area contributed by atoms with Gasteiger partial charge in [-0.3, -0.25) is 9.59 Å². The number of rotatable bonds is 28. The van der Waals surface area contributed by atoms with E-state index >= 15 is 0 Å². The average Bonchev–Trinajstić information content (AvgIpc) is 3.05. The molecular formula is C32H45NO12. The number of anilines is 1. The van der Waals surface area contributed by atoms with Crippen molar-refractivity contribution in [3.63, 3.8) is 0 Å². The first kappa shape index (κ1) is 37.8. The maximum Gasteiger partial charge on any atom is 0.379 e. The molecule has 250 valence electrons. The molecule has 2 aromatic rings.